The Morgan fingerprint density at radius 1 is 0.980 bits per heavy atom. The number of amides is 2. The zero-order valence-electron chi connectivity index (χ0n) is 29.3. The van der Waals surface area contributed by atoms with Gasteiger partial charge in [-0.25, -0.2) is 4.79 Å². The van der Waals surface area contributed by atoms with E-state index < -0.39 is 71.3 Å². The molecule has 3 saturated carbocycles. The molecule has 0 unspecified atom stereocenters. The van der Waals surface area contributed by atoms with Gasteiger partial charge in [0.1, 0.15) is 11.6 Å². The van der Waals surface area contributed by atoms with Crippen molar-refractivity contribution >= 4 is 35.3 Å². The summed E-state index contributed by atoms with van der Waals surface area (Å²) in [7, 11) is 0. The van der Waals surface area contributed by atoms with Crippen molar-refractivity contribution in [3.63, 3.8) is 0 Å². The molecule has 9 atom stereocenters. The molecule has 0 radical (unpaired) electrons. The van der Waals surface area contributed by atoms with E-state index in [1.54, 1.807) is 50.3 Å². The summed E-state index contributed by atoms with van der Waals surface area (Å²) in [6.07, 6.45) is 3.91. The van der Waals surface area contributed by atoms with Crippen molar-refractivity contribution in [2.24, 2.45) is 34.5 Å². The van der Waals surface area contributed by atoms with Gasteiger partial charge in [-0.3, -0.25) is 24.0 Å². The molecule has 4 aliphatic rings. The smallest absolute Gasteiger partial charge is 0.330 e. The number of esters is 1. The van der Waals surface area contributed by atoms with Gasteiger partial charge in [-0.2, -0.15) is 0 Å². The molecular formula is C38H50N2O10. The number of aliphatic carboxylic acids is 1. The molecule has 3 fully saturated rings. The molecule has 12 heteroatoms. The van der Waals surface area contributed by atoms with Gasteiger partial charge in [0, 0.05) is 18.3 Å². The lowest BCUT2D eigenvalue weighted by molar-refractivity contribution is -0.184. The van der Waals surface area contributed by atoms with E-state index in [1.165, 1.54) is 0 Å². The van der Waals surface area contributed by atoms with Crippen LogP contribution in [-0.4, -0.2) is 75.0 Å². The van der Waals surface area contributed by atoms with Crippen LogP contribution >= 0.6 is 0 Å². The lowest BCUT2D eigenvalue weighted by atomic mass is 9.45. The first-order chi connectivity index (χ1) is 23.5. The van der Waals surface area contributed by atoms with Crippen LogP contribution in [-0.2, 0) is 33.5 Å². The van der Waals surface area contributed by atoms with Crippen LogP contribution in [0.5, 0.6) is 0 Å². The molecule has 50 heavy (non-hydrogen) atoms. The van der Waals surface area contributed by atoms with Crippen molar-refractivity contribution in [2.75, 3.05) is 6.61 Å². The zero-order chi connectivity index (χ0) is 36.6. The van der Waals surface area contributed by atoms with Gasteiger partial charge in [-0.05, 0) is 79.3 Å². The van der Waals surface area contributed by atoms with Crippen molar-refractivity contribution in [3.8, 4) is 0 Å². The number of ether oxygens (including phenoxy) is 1. The van der Waals surface area contributed by atoms with Gasteiger partial charge in [-0.1, -0.05) is 63.6 Å². The first kappa shape index (κ1) is 37.4. The highest BCUT2D eigenvalue weighted by molar-refractivity contribution is 5.93. The number of carbonyl (C=O) groups excluding carboxylic acids is 5. The highest BCUT2D eigenvalue weighted by Gasteiger charge is 2.68. The first-order valence-corrected chi connectivity index (χ1v) is 17.7. The molecule has 0 heterocycles. The number of rotatable bonds is 12. The zero-order valence-corrected chi connectivity index (χ0v) is 29.3. The van der Waals surface area contributed by atoms with Crippen LogP contribution in [0, 0.1) is 34.5 Å². The maximum Gasteiger partial charge on any atom is 0.330 e. The van der Waals surface area contributed by atoms with Crippen LogP contribution in [0.3, 0.4) is 0 Å². The van der Waals surface area contributed by atoms with Gasteiger partial charge in [0.15, 0.2) is 18.4 Å². The average Bonchev–Trinajstić information content (AvgIpc) is 3.34. The van der Waals surface area contributed by atoms with Crippen molar-refractivity contribution < 1.29 is 48.8 Å². The summed E-state index contributed by atoms with van der Waals surface area (Å²) in [5.41, 5.74) is -1.56. The van der Waals surface area contributed by atoms with Gasteiger partial charge < -0.3 is 30.7 Å². The summed E-state index contributed by atoms with van der Waals surface area (Å²) in [6, 6.07) is 5.77. The fraction of sp³-hybridized carbons (Fsp3) is 0.632. The Hall–Kier alpha value is -3.90. The second-order valence-electron chi connectivity index (χ2n) is 15.5. The normalized spacial score (nSPS) is 32.8. The Kier molecular flexibility index (Phi) is 10.7. The SMILES string of the molecule is CC(C)[C@H](NC(=O)CCC(=O)OCC(=O)[C@@]1(O)CC[C@H]2[C@@H]3CCC4=CC(=O)CC[C@]4(C)[C@H]3[C@H](O)C[C@@]21C)C(=O)N[C@H](C(=O)O)c1ccccc1. The molecule has 0 spiro atoms. The average molecular weight is 695 g/mol. The number of carboxylic acids is 1. The number of carboxylic acid groups (broad SMARTS) is 1. The van der Waals surface area contributed by atoms with Crippen LogP contribution in [0.25, 0.3) is 0 Å². The Bertz CT molecular complexity index is 1560. The second kappa shape index (κ2) is 14.4. The Morgan fingerprint density at radius 2 is 1.68 bits per heavy atom. The van der Waals surface area contributed by atoms with Gasteiger partial charge in [0.05, 0.1) is 12.5 Å². The number of Topliss-reactive ketones (excluding diaryl/α,β-unsaturated/α-hetero) is 1. The third kappa shape index (κ3) is 6.88. The van der Waals surface area contributed by atoms with E-state index in [9.17, 15) is 44.1 Å². The molecule has 5 N–H and O–H groups in total. The summed E-state index contributed by atoms with van der Waals surface area (Å²) in [5, 5.41) is 38.2. The second-order valence-corrected chi connectivity index (χ2v) is 15.5. The Balaban J connectivity index is 1.14. The summed E-state index contributed by atoms with van der Waals surface area (Å²) >= 11 is 0. The van der Waals surface area contributed by atoms with Crippen LogP contribution in [0.2, 0.25) is 0 Å². The monoisotopic (exact) mass is 694 g/mol. The number of nitrogens with one attached hydrogen (secondary N) is 2. The van der Waals surface area contributed by atoms with Crippen LogP contribution in [0.4, 0.5) is 0 Å². The molecule has 4 aliphatic carbocycles. The molecular weight excluding hydrogens is 644 g/mol. The largest absolute Gasteiger partial charge is 0.479 e. The van der Waals surface area contributed by atoms with E-state index in [0.29, 0.717) is 24.8 Å². The summed E-state index contributed by atoms with van der Waals surface area (Å²) in [6.45, 7) is 6.69. The van der Waals surface area contributed by atoms with Crippen molar-refractivity contribution in [2.45, 2.75) is 109 Å². The number of hydrogen-bond acceptors (Lipinski definition) is 9. The molecule has 1 aromatic rings. The number of fused-ring (bicyclic) bond motifs is 5. The van der Waals surface area contributed by atoms with E-state index in [4.69, 9.17) is 4.74 Å². The predicted molar refractivity (Wildman–Crippen MR) is 180 cm³/mol. The van der Waals surface area contributed by atoms with Crippen LogP contribution in [0.15, 0.2) is 42.0 Å². The lowest BCUT2D eigenvalue weighted by Crippen LogP contribution is -2.62. The Labute approximate surface area is 292 Å². The summed E-state index contributed by atoms with van der Waals surface area (Å²) < 4.78 is 5.24. The highest BCUT2D eigenvalue weighted by atomic mass is 16.5. The van der Waals surface area contributed by atoms with E-state index in [0.717, 1.165) is 18.4 Å². The van der Waals surface area contributed by atoms with Gasteiger partial charge >= 0.3 is 11.9 Å². The summed E-state index contributed by atoms with van der Waals surface area (Å²) in [4.78, 5) is 76.0. The van der Waals surface area contributed by atoms with Crippen LogP contribution < -0.4 is 10.6 Å². The maximum atomic E-state index is 13.6. The number of ketones is 2. The van der Waals surface area contributed by atoms with Gasteiger partial charge in [0.2, 0.25) is 17.6 Å². The minimum absolute atomic E-state index is 0.0233. The quantitative estimate of drug-likeness (QED) is 0.203. The third-order valence-corrected chi connectivity index (χ3v) is 12.4. The molecule has 0 bridgehead atoms. The molecule has 272 valence electrons. The van der Waals surface area contributed by atoms with Gasteiger partial charge in [0.25, 0.3) is 0 Å². The fourth-order valence-electron chi connectivity index (χ4n) is 9.65. The Morgan fingerprint density at radius 3 is 2.34 bits per heavy atom. The minimum atomic E-state index is -1.80. The van der Waals surface area contributed by atoms with E-state index in [-0.39, 0.29) is 54.6 Å². The molecule has 0 aliphatic heterocycles. The predicted octanol–water partition coefficient (Wildman–Crippen LogP) is 3.20. The van der Waals surface area contributed by atoms with E-state index >= 15 is 0 Å². The lowest BCUT2D eigenvalue weighted by Gasteiger charge is -2.60. The van der Waals surface area contributed by atoms with Crippen molar-refractivity contribution in [3.05, 3.63) is 47.5 Å². The number of hydrogen-bond donors (Lipinski definition) is 5. The number of benzene rings is 1. The minimum Gasteiger partial charge on any atom is -0.479 e. The van der Waals surface area contributed by atoms with Crippen molar-refractivity contribution in [1.82, 2.24) is 10.6 Å². The third-order valence-electron chi connectivity index (χ3n) is 12.4. The highest BCUT2D eigenvalue weighted by Crippen LogP contribution is 2.67. The molecule has 0 saturated heterocycles. The molecule has 12 nitrogen and oxygen atoms in total. The number of aliphatic hydroxyl groups excluding tert-OH is 1. The van der Waals surface area contributed by atoms with Crippen molar-refractivity contribution in [1.29, 1.82) is 0 Å². The maximum absolute atomic E-state index is 13.6. The molecule has 5 rings (SSSR count). The standard InChI is InChI=1S/C38H50N2O10/c1-21(2)32(34(46)40-33(35(47)48)22-8-6-5-7-9-22)39-29(44)12-13-30(45)50-20-28(43)38(49)17-15-26-25-11-10-23-18-24(41)14-16-36(23,3)31(25)27(42)19-37(26,38)4/h5-9,18,21,25-27,31-33,42,49H,10-17,19-20H2,1-4H3,(H,39,44)(H,40,46)(H,47,48)/t25-,26-,27+,31+,32-,33-,36-,37-,38-/m0/s1. The molecule has 0 aromatic heterocycles. The van der Waals surface area contributed by atoms with E-state index in [2.05, 4.69) is 17.6 Å². The van der Waals surface area contributed by atoms with E-state index in [1.807, 2.05) is 6.92 Å². The fourth-order valence-corrected chi connectivity index (χ4v) is 9.65. The van der Waals surface area contributed by atoms with Gasteiger partial charge in [-0.15, -0.1) is 0 Å². The number of allylic oxidation sites excluding steroid dienone is 1. The molecule has 1 aromatic carbocycles. The van der Waals surface area contributed by atoms with Crippen LogP contribution in [0.1, 0.15) is 97.1 Å². The summed E-state index contributed by atoms with van der Waals surface area (Å²) in [5.74, 6) is -4.35. The molecule has 2 amide bonds. The topological polar surface area (TPSA) is 196 Å². The number of carbonyl (C=O) groups is 6. The first-order valence-electron chi connectivity index (χ1n) is 17.7. The number of aliphatic hydroxyl groups is 2.